The maximum Gasteiger partial charge on any atom is 0.132 e. The van der Waals surface area contributed by atoms with Gasteiger partial charge in [0.15, 0.2) is 0 Å². The lowest BCUT2D eigenvalue weighted by Crippen LogP contribution is -2.08. The predicted molar refractivity (Wildman–Crippen MR) is 59.9 cm³/mol. The molecule has 0 fully saturated rings. The van der Waals surface area contributed by atoms with Gasteiger partial charge < -0.3 is 14.1 Å². The molecule has 2 aromatic rings. The topological polar surface area (TPSA) is 51.2 Å². The van der Waals surface area contributed by atoms with Gasteiger partial charge in [0.05, 0.1) is 6.26 Å². The van der Waals surface area contributed by atoms with Gasteiger partial charge in [-0.1, -0.05) is 6.92 Å². The molecule has 0 amide bonds. The Morgan fingerprint density at radius 1 is 1.56 bits per heavy atom. The highest BCUT2D eigenvalue weighted by Crippen LogP contribution is 2.17. The predicted octanol–water partition coefficient (Wildman–Crippen LogP) is 2.16. The van der Waals surface area contributed by atoms with Crippen molar-refractivity contribution in [3.05, 3.63) is 42.4 Å². The Bertz CT molecular complexity index is 420. The standard InChI is InChI=1S/C12H16N2O2/c1-2-6-14-7-5-13-12(14)9-10(15)11-4-3-8-16-11/h3-5,7-8,10,15H,2,6,9H2,1H3. The smallest absolute Gasteiger partial charge is 0.132 e. The molecule has 1 N–H and O–H groups in total. The summed E-state index contributed by atoms with van der Waals surface area (Å²) < 4.78 is 7.22. The molecule has 4 heteroatoms. The van der Waals surface area contributed by atoms with E-state index in [0.717, 1.165) is 18.8 Å². The number of furan rings is 1. The van der Waals surface area contributed by atoms with Gasteiger partial charge in [0.1, 0.15) is 17.7 Å². The van der Waals surface area contributed by atoms with E-state index in [1.54, 1.807) is 24.6 Å². The van der Waals surface area contributed by atoms with Crippen LogP contribution in [0.25, 0.3) is 0 Å². The number of aliphatic hydroxyl groups is 1. The quantitative estimate of drug-likeness (QED) is 0.840. The van der Waals surface area contributed by atoms with Crippen LogP contribution in [0.5, 0.6) is 0 Å². The lowest BCUT2D eigenvalue weighted by atomic mass is 10.2. The van der Waals surface area contributed by atoms with Crippen molar-refractivity contribution in [2.24, 2.45) is 0 Å². The molecule has 0 aromatic carbocycles. The Morgan fingerprint density at radius 2 is 2.44 bits per heavy atom. The molecule has 0 bridgehead atoms. The third-order valence-corrected chi connectivity index (χ3v) is 2.51. The van der Waals surface area contributed by atoms with E-state index in [-0.39, 0.29) is 0 Å². The first-order valence-corrected chi connectivity index (χ1v) is 5.52. The molecular weight excluding hydrogens is 204 g/mol. The Hall–Kier alpha value is -1.55. The third kappa shape index (κ3) is 2.33. The zero-order valence-corrected chi connectivity index (χ0v) is 9.34. The molecule has 86 valence electrons. The van der Waals surface area contributed by atoms with Gasteiger partial charge in [0, 0.05) is 25.4 Å². The van der Waals surface area contributed by atoms with Crippen molar-refractivity contribution in [1.29, 1.82) is 0 Å². The summed E-state index contributed by atoms with van der Waals surface area (Å²) in [5.74, 6) is 1.48. The van der Waals surface area contributed by atoms with E-state index in [9.17, 15) is 5.11 Å². The molecule has 2 heterocycles. The van der Waals surface area contributed by atoms with Gasteiger partial charge in [-0.05, 0) is 18.6 Å². The lowest BCUT2D eigenvalue weighted by molar-refractivity contribution is 0.146. The molecular formula is C12H16N2O2. The van der Waals surface area contributed by atoms with Crippen LogP contribution in [-0.4, -0.2) is 14.7 Å². The third-order valence-electron chi connectivity index (χ3n) is 2.51. The van der Waals surface area contributed by atoms with Crippen molar-refractivity contribution in [2.45, 2.75) is 32.4 Å². The number of hydrogen-bond acceptors (Lipinski definition) is 3. The van der Waals surface area contributed by atoms with Crippen molar-refractivity contribution in [1.82, 2.24) is 9.55 Å². The van der Waals surface area contributed by atoms with Crippen molar-refractivity contribution in [2.75, 3.05) is 0 Å². The summed E-state index contributed by atoms with van der Waals surface area (Å²) in [4.78, 5) is 4.25. The van der Waals surface area contributed by atoms with Crippen LogP contribution in [0.15, 0.2) is 35.2 Å². The summed E-state index contributed by atoms with van der Waals surface area (Å²) in [6.45, 7) is 3.05. The van der Waals surface area contributed by atoms with E-state index < -0.39 is 6.10 Å². The van der Waals surface area contributed by atoms with E-state index in [1.165, 1.54) is 0 Å². The van der Waals surface area contributed by atoms with E-state index in [2.05, 4.69) is 16.5 Å². The molecule has 0 radical (unpaired) electrons. The number of rotatable bonds is 5. The molecule has 2 rings (SSSR count). The average Bonchev–Trinajstić information content (AvgIpc) is 2.90. The molecule has 0 saturated heterocycles. The Morgan fingerprint density at radius 3 is 3.12 bits per heavy atom. The van der Waals surface area contributed by atoms with Gasteiger partial charge in [0.2, 0.25) is 0 Å². The summed E-state index contributed by atoms with van der Waals surface area (Å²) in [6.07, 6.45) is 6.19. The van der Waals surface area contributed by atoms with Crippen LogP contribution in [0.3, 0.4) is 0 Å². The van der Waals surface area contributed by atoms with Crippen LogP contribution in [-0.2, 0) is 13.0 Å². The minimum absolute atomic E-state index is 0.487. The zero-order chi connectivity index (χ0) is 11.4. The van der Waals surface area contributed by atoms with E-state index in [1.807, 2.05) is 6.20 Å². The van der Waals surface area contributed by atoms with E-state index in [4.69, 9.17) is 4.42 Å². The van der Waals surface area contributed by atoms with Gasteiger partial charge in [-0.25, -0.2) is 4.98 Å². The van der Waals surface area contributed by atoms with Crippen LogP contribution in [0.2, 0.25) is 0 Å². The second-order valence-corrected chi connectivity index (χ2v) is 3.77. The fourth-order valence-corrected chi connectivity index (χ4v) is 1.73. The lowest BCUT2D eigenvalue weighted by Gasteiger charge is -2.09. The van der Waals surface area contributed by atoms with Gasteiger partial charge >= 0.3 is 0 Å². The maximum atomic E-state index is 9.93. The molecule has 2 aromatic heterocycles. The molecule has 0 saturated carbocycles. The molecule has 16 heavy (non-hydrogen) atoms. The highest BCUT2D eigenvalue weighted by atomic mass is 16.4. The van der Waals surface area contributed by atoms with E-state index in [0.29, 0.717) is 12.2 Å². The summed E-state index contributed by atoms with van der Waals surface area (Å²) in [5.41, 5.74) is 0. The fraction of sp³-hybridized carbons (Fsp3) is 0.417. The second kappa shape index (κ2) is 4.99. The van der Waals surface area contributed by atoms with Gasteiger partial charge in [-0.15, -0.1) is 0 Å². The average molecular weight is 220 g/mol. The molecule has 0 aliphatic carbocycles. The highest BCUT2D eigenvalue weighted by molar-refractivity contribution is 5.05. The Labute approximate surface area is 94.5 Å². The first-order valence-electron chi connectivity index (χ1n) is 5.52. The SMILES string of the molecule is CCCn1ccnc1CC(O)c1ccco1. The number of imidazole rings is 1. The number of aryl methyl sites for hydroxylation is 1. The van der Waals surface area contributed by atoms with E-state index >= 15 is 0 Å². The highest BCUT2D eigenvalue weighted by Gasteiger charge is 2.14. The van der Waals surface area contributed by atoms with Gasteiger partial charge in [-0.3, -0.25) is 0 Å². The van der Waals surface area contributed by atoms with Crippen molar-refractivity contribution < 1.29 is 9.52 Å². The summed E-state index contributed by atoms with van der Waals surface area (Å²) in [7, 11) is 0. The molecule has 1 unspecified atom stereocenters. The number of hydrogen-bond donors (Lipinski definition) is 1. The van der Waals surface area contributed by atoms with Crippen LogP contribution < -0.4 is 0 Å². The van der Waals surface area contributed by atoms with Crippen LogP contribution in [0.4, 0.5) is 0 Å². The molecule has 0 spiro atoms. The first kappa shape index (κ1) is 11.0. The van der Waals surface area contributed by atoms with Gasteiger partial charge in [-0.2, -0.15) is 0 Å². The fourth-order valence-electron chi connectivity index (χ4n) is 1.73. The molecule has 4 nitrogen and oxygen atoms in total. The Kier molecular flexibility index (Phi) is 3.41. The van der Waals surface area contributed by atoms with Crippen molar-refractivity contribution >= 4 is 0 Å². The molecule has 0 aliphatic heterocycles. The van der Waals surface area contributed by atoms with Crippen LogP contribution >= 0.6 is 0 Å². The largest absolute Gasteiger partial charge is 0.467 e. The van der Waals surface area contributed by atoms with Crippen LogP contribution in [0, 0.1) is 0 Å². The zero-order valence-electron chi connectivity index (χ0n) is 9.34. The van der Waals surface area contributed by atoms with Gasteiger partial charge in [0.25, 0.3) is 0 Å². The number of aliphatic hydroxyl groups excluding tert-OH is 1. The van der Waals surface area contributed by atoms with Crippen LogP contribution in [0.1, 0.15) is 31.0 Å². The number of nitrogens with zero attached hydrogens (tertiary/aromatic N) is 2. The Balaban J connectivity index is 2.06. The molecule has 0 aliphatic rings. The normalized spacial score (nSPS) is 12.9. The molecule has 1 atom stereocenters. The van der Waals surface area contributed by atoms with Crippen molar-refractivity contribution in [3.63, 3.8) is 0 Å². The maximum absolute atomic E-state index is 9.93. The number of aromatic nitrogens is 2. The second-order valence-electron chi connectivity index (χ2n) is 3.77. The minimum atomic E-state index is -0.618. The summed E-state index contributed by atoms with van der Waals surface area (Å²) in [5, 5.41) is 9.93. The summed E-state index contributed by atoms with van der Waals surface area (Å²) in [6, 6.07) is 3.55. The van der Waals surface area contributed by atoms with Crippen molar-refractivity contribution in [3.8, 4) is 0 Å². The summed E-state index contributed by atoms with van der Waals surface area (Å²) >= 11 is 0. The minimum Gasteiger partial charge on any atom is -0.467 e. The first-order chi connectivity index (χ1) is 7.81. The monoisotopic (exact) mass is 220 g/mol.